The molecule has 0 radical (unpaired) electrons. The summed E-state index contributed by atoms with van der Waals surface area (Å²) in [7, 11) is 2.07. The van der Waals surface area contributed by atoms with E-state index in [1.54, 1.807) is 39.8 Å². The summed E-state index contributed by atoms with van der Waals surface area (Å²) < 4.78 is 25.5. The topological polar surface area (TPSA) is 59.1 Å². The summed E-state index contributed by atoms with van der Waals surface area (Å²) in [6.45, 7) is 8.67. The molecule has 0 N–H and O–H groups in total. The molecule has 0 aliphatic carbocycles. The molecule has 1 aliphatic heterocycles. The summed E-state index contributed by atoms with van der Waals surface area (Å²) in [6.07, 6.45) is 1.94. The molecule has 0 bridgehead atoms. The number of hydrogen-bond acceptors (Lipinski definition) is 5. The highest BCUT2D eigenvalue weighted by atomic mass is 19.1. The average molecular weight is 471 g/mol. The van der Waals surface area contributed by atoms with Gasteiger partial charge in [-0.2, -0.15) is 0 Å². The molecule has 2 aromatic carbocycles. The van der Waals surface area contributed by atoms with Gasteiger partial charge in [0.2, 0.25) is 0 Å². The summed E-state index contributed by atoms with van der Waals surface area (Å²) in [5, 5.41) is 0. The first-order chi connectivity index (χ1) is 16.1. The highest BCUT2D eigenvalue weighted by Gasteiger charge is 2.25. The van der Waals surface area contributed by atoms with Gasteiger partial charge in [0.15, 0.2) is 0 Å². The standard InChI is InChI=1S/C27H35FN2O4/c1-6-33-25(31)14-12-20-11-13-22(17-23(20)28)30(26(32)34-27(2,3)4)18-19-9-10-21-8-7-15-29(5)24(21)16-19/h9-11,13,16-17H,6-8,12,14-15,18H2,1-5H3. The fourth-order valence-corrected chi connectivity index (χ4v) is 4.04. The Hall–Kier alpha value is -3.09. The van der Waals surface area contributed by atoms with Crippen LogP contribution in [-0.2, 0) is 33.7 Å². The number of esters is 1. The minimum atomic E-state index is -0.691. The van der Waals surface area contributed by atoms with Crippen molar-refractivity contribution in [2.75, 3.05) is 30.0 Å². The maximum absolute atomic E-state index is 14.9. The van der Waals surface area contributed by atoms with Gasteiger partial charge in [0.05, 0.1) is 18.8 Å². The normalized spacial score (nSPS) is 13.3. The van der Waals surface area contributed by atoms with Crippen LogP contribution in [0.4, 0.5) is 20.6 Å². The summed E-state index contributed by atoms with van der Waals surface area (Å²) in [6, 6.07) is 10.8. The lowest BCUT2D eigenvalue weighted by Gasteiger charge is -2.30. The van der Waals surface area contributed by atoms with Crippen LogP contribution in [-0.4, -0.2) is 37.9 Å². The van der Waals surface area contributed by atoms with Crippen LogP contribution in [0.3, 0.4) is 0 Å². The predicted octanol–water partition coefficient (Wildman–Crippen LogP) is 5.65. The van der Waals surface area contributed by atoms with Crippen molar-refractivity contribution >= 4 is 23.4 Å². The Balaban J connectivity index is 1.86. The second kappa shape index (κ2) is 10.9. The van der Waals surface area contributed by atoms with Crippen molar-refractivity contribution in [2.45, 2.75) is 65.5 Å². The molecule has 0 fully saturated rings. The number of rotatable bonds is 7. The summed E-state index contributed by atoms with van der Waals surface area (Å²) in [5.41, 5.74) is 3.50. The van der Waals surface area contributed by atoms with E-state index < -0.39 is 17.5 Å². The predicted molar refractivity (Wildman–Crippen MR) is 132 cm³/mol. The lowest BCUT2D eigenvalue weighted by molar-refractivity contribution is -0.143. The van der Waals surface area contributed by atoms with Crippen molar-refractivity contribution in [1.29, 1.82) is 0 Å². The van der Waals surface area contributed by atoms with Crippen molar-refractivity contribution in [3.8, 4) is 0 Å². The fourth-order valence-electron chi connectivity index (χ4n) is 4.04. The van der Waals surface area contributed by atoms with Gasteiger partial charge >= 0.3 is 12.1 Å². The maximum Gasteiger partial charge on any atom is 0.415 e. The number of anilines is 2. The van der Waals surface area contributed by atoms with Gasteiger partial charge in [0, 0.05) is 25.7 Å². The maximum atomic E-state index is 14.9. The molecule has 1 aliphatic rings. The number of fused-ring (bicyclic) bond motifs is 1. The number of ether oxygens (including phenoxy) is 2. The highest BCUT2D eigenvalue weighted by Crippen LogP contribution is 2.29. The second-order valence-electron chi connectivity index (χ2n) is 9.64. The Morgan fingerprint density at radius 2 is 1.91 bits per heavy atom. The number of amides is 1. The molecule has 6 nitrogen and oxygen atoms in total. The third-order valence-corrected chi connectivity index (χ3v) is 5.71. The van der Waals surface area contributed by atoms with Crippen molar-refractivity contribution in [3.05, 3.63) is 58.9 Å². The largest absolute Gasteiger partial charge is 0.466 e. The lowest BCUT2D eigenvalue weighted by atomic mass is 9.99. The molecule has 2 aromatic rings. The number of benzene rings is 2. The molecule has 34 heavy (non-hydrogen) atoms. The monoisotopic (exact) mass is 470 g/mol. The minimum Gasteiger partial charge on any atom is -0.466 e. The Bertz CT molecular complexity index is 1030. The van der Waals surface area contributed by atoms with Crippen LogP contribution in [0.15, 0.2) is 36.4 Å². The molecule has 0 atom stereocenters. The van der Waals surface area contributed by atoms with Crippen LogP contribution in [0.5, 0.6) is 0 Å². The van der Waals surface area contributed by atoms with Crippen LogP contribution in [0.1, 0.15) is 57.2 Å². The Morgan fingerprint density at radius 3 is 2.59 bits per heavy atom. The molecule has 0 aromatic heterocycles. The molecule has 7 heteroatoms. The van der Waals surface area contributed by atoms with Gasteiger partial charge in [-0.3, -0.25) is 9.69 Å². The number of carbonyl (C=O) groups is 2. The molecule has 1 heterocycles. The van der Waals surface area contributed by atoms with Crippen molar-refractivity contribution < 1.29 is 23.5 Å². The molecular formula is C27H35FN2O4. The number of aryl methyl sites for hydroxylation is 2. The van der Waals surface area contributed by atoms with Gasteiger partial charge in [0.1, 0.15) is 11.4 Å². The zero-order valence-electron chi connectivity index (χ0n) is 20.8. The fraction of sp³-hybridized carbons (Fsp3) is 0.481. The van der Waals surface area contributed by atoms with Crippen LogP contribution < -0.4 is 9.80 Å². The van der Waals surface area contributed by atoms with Crippen LogP contribution in [0.2, 0.25) is 0 Å². The summed E-state index contributed by atoms with van der Waals surface area (Å²) >= 11 is 0. The van der Waals surface area contributed by atoms with Gasteiger partial charge < -0.3 is 14.4 Å². The zero-order chi connectivity index (χ0) is 24.9. The third kappa shape index (κ3) is 6.72. The van der Waals surface area contributed by atoms with Crippen molar-refractivity contribution in [3.63, 3.8) is 0 Å². The first-order valence-corrected chi connectivity index (χ1v) is 11.8. The van der Waals surface area contributed by atoms with Gasteiger partial charge in [-0.25, -0.2) is 9.18 Å². The van der Waals surface area contributed by atoms with E-state index in [9.17, 15) is 14.0 Å². The molecule has 0 spiro atoms. The van der Waals surface area contributed by atoms with E-state index in [0.29, 0.717) is 17.9 Å². The molecule has 3 rings (SSSR count). The number of carbonyl (C=O) groups excluding carboxylic acids is 2. The van der Waals surface area contributed by atoms with E-state index in [1.807, 2.05) is 6.07 Å². The number of nitrogens with zero attached hydrogens (tertiary/aromatic N) is 2. The van der Waals surface area contributed by atoms with E-state index in [4.69, 9.17) is 9.47 Å². The van der Waals surface area contributed by atoms with Crippen LogP contribution in [0, 0.1) is 5.82 Å². The first-order valence-electron chi connectivity index (χ1n) is 11.8. The molecule has 0 unspecified atom stereocenters. The summed E-state index contributed by atoms with van der Waals surface area (Å²) in [4.78, 5) is 28.4. The highest BCUT2D eigenvalue weighted by molar-refractivity contribution is 5.88. The average Bonchev–Trinajstić information content (AvgIpc) is 2.76. The Labute approximate surface area is 201 Å². The lowest BCUT2D eigenvalue weighted by Crippen LogP contribution is -2.36. The van der Waals surface area contributed by atoms with Gasteiger partial charge in [0.25, 0.3) is 0 Å². The number of hydrogen-bond donors (Lipinski definition) is 0. The Kier molecular flexibility index (Phi) is 8.18. The molecule has 0 saturated carbocycles. The number of halogens is 1. The summed E-state index contributed by atoms with van der Waals surface area (Å²) in [5.74, 6) is -0.834. The Morgan fingerprint density at radius 1 is 1.15 bits per heavy atom. The van der Waals surface area contributed by atoms with Crippen molar-refractivity contribution in [1.82, 2.24) is 0 Å². The SMILES string of the molecule is CCOC(=O)CCc1ccc(N(Cc2ccc3c(c2)N(C)CCC3)C(=O)OC(C)(C)C)cc1F. The van der Waals surface area contributed by atoms with E-state index in [-0.39, 0.29) is 25.4 Å². The molecule has 184 valence electrons. The van der Waals surface area contributed by atoms with E-state index in [0.717, 1.165) is 30.6 Å². The molecule has 1 amide bonds. The van der Waals surface area contributed by atoms with E-state index >= 15 is 0 Å². The van der Waals surface area contributed by atoms with E-state index in [1.165, 1.54) is 16.5 Å². The first kappa shape index (κ1) is 25.5. The van der Waals surface area contributed by atoms with Crippen LogP contribution in [0.25, 0.3) is 0 Å². The van der Waals surface area contributed by atoms with Gasteiger partial charge in [-0.15, -0.1) is 0 Å². The molecule has 0 saturated heterocycles. The van der Waals surface area contributed by atoms with Crippen molar-refractivity contribution in [2.24, 2.45) is 0 Å². The molecular weight excluding hydrogens is 435 g/mol. The quantitative estimate of drug-likeness (QED) is 0.490. The van der Waals surface area contributed by atoms with Gasteiger partial charge in [-0.1, -0.05) is 18.2 Å². The smallest absolute Gasteiger partial charge is 0.415 e. The van der Waals surface area contributed by atoms with Gasteiger partial charge in [-0.05, 0) is 81.8 Å². The van der Waals surface area contributed by atoms with Crippen LogP contribution >= 0.6 is 0 Å². The third-order valence-electron chi connectivity index (χ3n) is 5.71. The van der Waals surface area contributed by atoms with E-state index in [2.05, 4.69) is 24.1 Å². The zero-order valence-corrected chi connectivity index (χ0v) is 20.8. The second-order valence-corrected chi connectivity index (χ2v) is 9.64. The minimum absolute atomic E-state index is 0.0997.